The molecule has 17 heavy (non-hydrogen) atoms. The number of halogens is 2. The average molecular weight is 383 g/mol. The quantitative estimate of drug-likeness (QED) is 0.869. The average Bonchev–Trinajstić information content (AvgIpc) is 2.96. The van der Waals surface area contributed by atoms with E-state index in [0.717, 1.165) is 10.9 Å². The molecule has 1 aliphatic carbocycles. The molecule has 94 valence electrons. The van der Waals surface area contributed by atoms with Crippen LogP contribution in [0.25, 0.3) is 0 Å². The third-order valence-corrected chi connectivity index (χ3v) is 5.91. The third-order valence-electron chi connectivity index (χ3n) is 2.99. The molecule has 0 radical (unpaired) electrons. The van der Waals surface area contributed by atoms with Gasteiger partial charge in [-0.1, -0.05) is 22.9 Å². The van der Waals surface area contributed by atoms with Gasteiger partial charge in [-0.05, 0) is 52.4 Å². The van der Waals surface area contributed by atoms with E-state index in [1.54, 1.807) is 18.2 Å². The maximum atomic E-state index is 12.1. The molecule has 2 atom stereocenters. The van der Waals surface area contributed by atoms with Gasteiger partial charge < -0.3 is 0 Å². The molecule has 1 fully saturated rings. The first-order valence-electron chi connectivity index (χ1n) is 5.35. The van der Waals surface area contributed by atoms with E-state index in [9.17, 15) is 8.42 Å². The van der Waals surface area contributed by atoms with E-state index in [1.807, 2.05) is 0 Å². The molecule has 6 heteroatoms. The minimum atomic E-state index is -3.42. The molecular weight excluding hydrogens is 370 g/mol. The van der Waals surface area contributed by atoms with E-state index in [2.05, 4.69) is 43.5 Å². The van der Waals surface area contributed by atoms with Crippen LogP contribution in [0.3, 0.4) is 0 Å². The van der Waals surface area contributed by atoms with Gasteiger partial charge in [-0.15, -0.1) is 0 Å². The molecule has 0 bridgehead atoms. The number of hydrogen-bond acceptors (Lipinski definition) is 2. The minimum Gasteiger partial charge on any atom is -0.211 e. The molecule has 1 aliphatic rings. The SMILES string of the molecule is CC1CC1CNS(=O)(=O)c1cc(Br)ccc1Br. The Morgan fingerprint density at radius 1 is 1.41 bits per heavy atom. The Morgan fingerprint density at radius 3 is 2.65 bits per heavy atom. The molecule has 0 aromatic heterocycles. The maximum Gasteiger partial charge on any atom is 0.241 e. The van der Waals surface area contributed by atoms with Crippen LogP contribution in [0.2, 0.25) is 0 Å². The van der Waals surface area contributed by atoms with Gasteiger partial charge in [0.2, 0.25) is 10.0 Å². The fraction of sp³-hybridized carbons (Fsp3) is 0.455. The zero-order chi connectivity index (χ0) is 12.6. The molecular formula is C11H13Br2NO2S. The summed E-state index contributed by atoms with van der Waals surface area (Å²) in [5.74, 6) is 1.14. The highest BCUT2D eigenvalue weighted by atomic mass is 79.9. The molecule has 3 nitrogen and oxygen atoms in total. The number of sulfonamides is 1. The van der Waals surface area contributed by atoms with Gasteiger partial charge in [0, 0.05) is 15.5 Å². The summed E-state index contributed by atoms with van der Waals surface area (Å²) in [5.41, 5.74) is 0. The van der Waals surface area contributed by atoms with Crippen LogP contribution in [0.1, 0.15) is 13.3 Å². The summed E-state index contributed by atoms with van der Waals surface area (Å²) >= 11 is 6.54. The van der Waals surface area contributed by atoms with Crippen molar-refractivity contribution in [2.45, 2.75) is 18.2 Å². The minimum absolute atomic E-state index is 0.278. The van der Waals surface area contributed by atoms with Crippen molar-refractivity contribution >= 4 is 41.9 Å². The van der Waals surface area contributed by atoms with Crippen LogP contribution in [-0.4, -0.2) is 15.0 Å². The third kappa shape index (κ3) is 3.30. The molecule has 1 aromatic carbocycles. The van der Waals surface area contributed by atoms with E-state index in [0.29, 0.717) is 22.9 Å². The molecule has 1 N–H and O–H groups in total. The van der Waals surface area contributed by atoms with Gasteiger partial charge in [0.1, 0.15) is 0 Å². The summed E-state index contributed by atoms with van der Waals surface area (Å²) in [5, 5.41) is 0. The van der Waals surface area contributed by atoms with E-state index in [1.165, 1.54) is 0 Å². The van der Waals surface area contributed by atoms with Crippen molar-refractivity contribution in [3.63, 3.8) is 0 Å². The predicted octanol–water partition coefficient (Wildman–Crippen LogP) is 3.15. The lowest BCUT2D eigenvalue weighted by Gasteiger charge is -2.08. The summed E-state index contributed by atoms with van der Waals surface area (Å²) in [6.45, 7) is 2.66. The fourth-order valence-electron chi connectivity index (χ4n) is 1.66. The second-order valence-electron chi connectivity index (χ2n) is 4.40. The lowest BCUT2D eigenvalue weighted by molar-refractivity contribution is 0.574. The maximum absolute atomic E-state index is 12.1. The molecule has 1 saturated carbocycles. The highest BCUT2D eigenvalue weighted by Gasteiger charge is 2.33. The topological polar surface area (TPSA) is 46.2 Å². The highest BCUT2D eigenvalue weighted by molar-refractivity contribution is 9.11. The number of benzene rings is 1. The Labute approximate surface area is 118 Å². The summed E-state index contributed by atoms with van der Waals surface area (Å²) < 4.78 is 28.2. The zero-order valence-electron chi connectivity index (χ0n) is 9.28. The van der Waals surface area contributed by atoms with Crippen LogP contribution in [-0.2, 0) is 10.0 Å². The highest BCUT2D eigenvalue weighted by Crippen LogP contribution is 2.37. The van der Waals surface area contributed by atoms with Crippen LogP contribution >= 0.6 is 31.9 Å². The van der Waals surface area contributed by atoms with E-state index in [4.69, 9.17) is 0 Å². The van der Waals surface area contributed by atoms with E-state index < -0.39 is 10.0 Å². The second-order valence-corrected chi connectivity index (χ2v) is 7.91. The van der Waals surface area contributed by atoms with Crippen molar-refractivity contribution in [1.29, 1.82) is 0 Å². The fourth-order valence-corrected chi connectivity index (χ4v) is 4.26. The Bertz CT molecular complexity index is 530. The zero-order valence-corrected chi connectivity index (χ0v) is 13.3. The first kappa shape index (κ1) is 13.5. The Morgan fingerprint density at radius 2 is 2.06 bits per heavy atom. The monoisotopic (exact) mass is 381 g/mol. The summed E-state index contributed by atoms with van der Waals surface area (Å²) in [6, 6.07) is 5.12. The van der Waals surface area contributed by atoms with Crippen molar-refractivity contribution in [3.8, 4) is 0 Å². The van der Waals surface area contributed by atoms with Gasteiger partial charge in [0.05, 0.1) is 4.90 Å². The predicted molar refractivity (Wildman–Crippen MR) is 74.3 cm³/mol. The Kier molecular flexibility index (Phi) is 3.97. The molecule has 0 heterocycles. The second kappa shape index (κ2) is 4.99. The van der Waals surface area contributed by atoms with Crippen molar-refractivity contribution in [2.24, 2.45) is 11.8 Å². The summed E-state index contributed by atoms with van der Waals surface area (Å²) in [7, 11) is -3.42. The van der Waals surface area contributed by atoms with Crippen molar-refractivity contribution in [3.05, 3.63) is 27.1 Å². The van der Waals surface area contributed by atoms with Crippen LogP contribution in [0.5, 0.6) is 0 Å². The Hall–Kier alpha value is 0.0900. The lowest BCUT2D eigenvalue weighted by Crippen LogP contribution is -2.26. The van der Waals surface area contributed by atoms with E-state index in [-0.39, 0.29) is 4.90 Å². The van der Waals surface area contributed by atoms with Crippen molar-refractivity contribution in [1.82, 2.24) is 4.72 Å². The molecule has 1 aromatic rings. The molecule has 0 amide bonds. The number of nitrogens with one attached hydrogen (secondary N) is 1. The van der Waals surface area contributed by atoms with Crippen LogP contribution in [0.15, 0.2) is 32.0 Å². The molecule has 0 saturated heterocycles. The lowest BCUT2D eigenvalue weighted by atomic mass is 10.3. The largest absolute Gasteiger partial charge is 0.241 e. The molecule has 2 rings (SSSR count). The molecule has 0 spiro atoms. The van der Waals surface area contributed by atoms with E-state index >= 15 is 0 Å². The first-order chi connectivity index (χ1) is 7.90. The van der Waals surface area contributed by atoms with Gasteiger partial charge in [-0.25, -0.2) is 13.1 Å². The van der Waals surface area contributed by atoms with Crippen molar-refractivity contribution in [2.75, 3.05) is 6.54 Å². The number of rotatable bonds is 4. The van der Waals surface area contributed by atoms with Crippen LogP contribution in [0.4, 0.5) is 0 Å². The Balaban J connectivity index is 2.16. The van der Waals surface area contributed by atoms with Gasteiger partial charge in [0.15, 0.2) is 0 Å². The summed E-state index contributed by atoms with van der Waals surface area (Å²) in [4.78, 5) is 0.278. The summed E-state index contributed by atoms with van der Waals surface area (Å²) in [6.07, 6.45) is 1.11. The molecule has 2 unspecified atom stereocenters. The van der Waals surface area contributed by atoms with Gasteiger partial charge in [-0.3, -0.25) is 0 Å². The first-order valence-corrected chi connectivity index (χ1v) is 8.42. The smallest absolute Gasteiger partial charge is 0.211 e. The van der Waals surface area contributed by atoms with Crippen LogP contribution in [0, 0.1) is 11.8 Å². The van der Waals surface area contributed by atoms with Gasteiger partial charge in [-0.2, -0.15) is 0 Å². The van der Waals surface area contributed by atoms with Crippen LogP contribution < -0.4 is 4.72 Å². The van der Waals surface area contributed by atoms with Gasteiger partial charge in [0.25, 0.3) is 0 Å². The van der Waals surface area contributed by atoms with Crippen molar-refractivity contribution < 1.29 is 8.42 Å². The molecule has 0 aliphatic heterocycles. The standard InChI is InChI=1S/C11H13Br2NO2S/c1-7-4-8(7)6-14-17(15,16)11-5-9(12)2-3-10(11)13/h2-3,5,7-8,14H,4,6H2,1H3. The number of hydrogen-bond donors (Lipinski definition) is 1. The normalized spacial score (nSPS) is 23.7. The van der Waals surface area contributed by atoms with Gasteiger partial charge >= 0.3 is 0 Å².